The lowest BCUT2D eigenvalue weighted by Crippen LogP contribution is -2.67. The van der Waals surface area contributed by atoms with Crippen molar-refractivity contribution in [3.8, 4) is 18.2 Å². The topological polar surface area (TPSA) is 108 Å². The molecule has 1 aliphatic heterocycles. The second kappa shape index (κ2) is 7.64. The summed E-state index contributed by atoms with van der Waals surface area (Å²) in [6, 6.07) is 21.0. The van der Waals surface area contributed by atoms with Crippen LogP contribution < -0.4 is 9.88 Å². The predicted octanol–water partition coefficient (Wildman–Crippen LogP) is 2.75. The molecule has 0 saturated heterocycles. The van der Waals surface area contributed by atoms with Gasteiger partial charge in [-0.1, -0.05) is 36.4 Å². The van der Waals surface area contributed by atoms with Crippen LogP contribution in [0.4, 0.5) is 0 Å². The monoisotopic (exact) mass is 396 g/mol. The minimum absolute atomic E-state index is 0.0332. The molecule has 2 aromatic rings. The molecule has 0 amide bonds. The Balaban J connectivity index is 2.03. The van der Waals surface area contributed by atoms with E-state index >= 15 is 0 Å². The average molecular weight is 396 g/mol. The highest BCUT2D eigenvalue weighted by atomic mass is 16.3. The van der Waals surface area contributed by atoms with Gasteiger partial charge in [-0.15, -0.1) is 0 Å². The molecule has 3 atom stereocenters. The van der Waals surface area contributed by atoms with Crippen molar-refractivity contribution in [1.29, 1.82) is 15.8 Å². The number of aromatic nitrogens is 1. The first-order valence-electron chi connectivity index (χ1n) is 10.0. The molecule has 6 heteroatoms. The minimum atomic E-state index is -1.39. The molecule has 1 saturated carbocycles. The van der Waals surface area contributed by atoms with Gasteiger partial charge in [0.15, 0.2) is 17.8 Å². The number of allylic oxidation sites excluding steroid dienone is 2. The van der Waals surface area contributed by atoms with Crippen LogP contribution in [0.5, 0.6) is 0 Å². The number of nitriles is 3. The zero-order chi connectivity index (χ0) is 21.3. The quantitative estimate of drug-likeness (QED) is 0.773. The summed E-state index contributed by atoms with van der Waals surface area (Å²) in [5, 5.41) is 44.4. The van der Waals surface area contributed by atoms with E-state index < -0.39 is 23.6 Å². The normalized spacial score (nSPS) is 25.7. The van der Waals surface area contributed by atoms with E-state index in [4.69, 9.17) is 0 Å². The number of nitrogens with zero attached hydrogens (tertiary/aromatic N) is 4. The van der Waals surface area contributed by atoms with E-state index in [1.165, 1.54) is 0 Å². The van der Waals surface area contributed by atoms with Crippen LogP contribution >= 0.6 is 0 Å². The van der Waals surface area contributed by atoms with Crippen molar-refractivity contribution in [2.45, 2.75) is 37.5 Å². The number of hydrogen-bond acceptors (Lipinski definition) is 5. The molecular formula is C24H22N5O+. The van der Waals surface area contributed by atoms with Crippen LogP contribution in [0.2, 0.25) is 0 Å². The Hall–Kier alpha value is -3.66. The van der Waals surface area contributed by atoms with Crippen molar-refractivity contribution in [3.05, 3.63) is 77.3 Å². The molecule has 30 heavy (non-hydrogen) atoms. The van der Waals surface area contributed by atoms with Gasteiger partial charge in [0.1, 0.15) is 0 Å². The van der Waals surface area contributed by atoms with Gasteiger partial charge >= 0.3 is 0 Å². The molecule has 0 spiro atoms. The maximum atomic E-state index is 12.0. The van der Waals surface area contributed by atoms with Gasteiger partial charge in [-0.25, -0.2) is 0 Å². The van der Waals surface area contributed by atoms with Gasteiger partial charge < -0.3 is 10.4 Å². The Morgan fingerprint density at radius 2 is 1.73 bits per heavy atom. The Labute approximate surface area is 175 Å². The average Bonchev–Trinajstić information content (AvgIpc) is 3.62. The maximum Gasteiger partial charge on any atom is 0.217 e. The van der Waals surface area contributed by atoms with Crippen molar-refractivity contribution in [2.75, 3.05) is 0 Å². The third kappa shape index (κ3) is 3.11. The fourth-order valence-electron chi connectivity index (χ4n) is 4.55. The summed E-state index contributed by atoms with van der Waals surface area (Å²) in [6.07, 6.45) is 3.59. The van der Waals surface area contributed by atoms with Crippen LogP contribution in [0.3, 0.4) is 0 Å². The van der Waals surface area contributed by atoms with Crippen molar-refractivity contribution >= 4 is 0 Å². The highest BCUT2D eigenvalue weighted by molar-refractivity contribution is 5.47. The molecule has 6 nitrogen and oxygen atoms in total. The number of aryl methyl sites for hydroxylation is 1. The smallest absolute Gasteiger partial charge is 0.217 e. The molecule has 2 aliphatic rings. The third-order valence-electron chi connectivity index (χ3n) is 6.13. The molecule has 3 unspecified atom stereocenters. The Morgan fingerprint density at radius 1 is 1.07 bits per heavy atom. The highest BCUT2D eigenvalue weighted by Gasteiger charge is 2.61. The summed E-state index contributed by atoms with van der Waals surface area (Å²) >= 11 is 0. The van der Waals surface area contributed by atoms with Gasteiger partial charge in [-0.05, 0) is 18.4 Å². The lowest BCUT2D eigenvalue weighted by atomic mass is 9.73. The van der Waals surface area contributed by atoms with Crippen molar-refractivity contribution in [2.24, 2.45) is 11.8 Å². The maximum absolute atomic E-state index is 12.0. The fraction of sp³-hybridized carbons (Fsp3) is 0.333. The number of aliphatic hydroxyl groups is 1. The van der Waals surface area contributed by atoms with E-state index in [9.17, 15) is 20.9 Å². The number of hydrogen-bond donors (Lipinski definition) is 2. The molecule has 1 aromatic carbocycles. The van der Waals surface area contributed by atoms with Crippen LogP contribution in [0, 0.1) is 52.8 Å². The summed E-state index contributed by atoms with van der Waals surface area (Å²) in [4.78, 5) is 0. The van der Waals surface area contributed by atoms with Crippen LogP contribution in [0.15, 0.2) is 66.0 Å². The molecule has 1 fully saturated rings. The number of pyridine rings is 1. The fourth-order valence-corrected chi connectivity index (χ4v) is 4.55. The van der Waals surface area contributed by atoms with Gasteiger partial charge in [0.25, 0.3) is 0 Å². The van der Waals surface area contributed by atoms with E-state index in [1.54, 1.807) is 0 Å². The Morgan fingerprint density at radius 3 is 2.30 bits per heavy atom. The largest absolute Gasteiger partial charge is 0.365 e. The van der Waals surface area contributed by atoms with Crippen LogP contribution in [0.25, 0.3) is 0 Å². The molecule has 148 valence electrons. The molecule has 1 aliphatic carbocycles. The van der Waals surface area contributed by atoms with Crippen molar-refractivity contribution in [1.82, 2.24) is 5.32 Å². The zero-order valence-electron chi connectivity index (χ0n) is 16.7. The van der Waals surface area contributed by atoms with E-state index in [-0.39, 0.29) is 11.6 Å². The van der Waals surface area contributed by atoms with Gasteiger partial charge in [-0.2, -0.15) is 20.4 Å². The minimum Gasteiger partial charge on any atom is -0.365 e. The first kappa shape index (κ1) is 19.6. The second-order valence-electron chi connectivity index (χ2n) is 7.94. The van der Waals surface area contributed by atoms with Gasteiger partial charge in [0.2, 0.25) is 11.8 Å². The standard InChI is InChI=1S/C24H22N5O/c1-16-7-5-6-12-29(16)23-21(17-8-3-2-4-9-17)20(15-27)22(18(13-25)14-26)28-24(23,30)19-10-11-19/h2-9,12,18-19,21,23,28,30H,10-11H2,1H3/q+1. The van der Waals surface area contributed by atoms with E-state index in [2.05, 4.69) is 11.4 Å². The zero-order valence-corrected chi connectivity index (χ0v) is 16.7. The Kier molecular flexibility index (Phi) is 5.00. The van der Waals surface area contributed by atoms with Crippen LogP contribution in [-0.2, 0) is 0 Å². The predicted molar refractivity (Wildman–Crippen MR) is 108 cm³/mol. The van der Waals surface area contributed by atoms with Gasteiger partial charge in [0.05, 0.1) is 35.4 Å². The summed E-state index contributed by atoms with van der Waals surface area (Å²) in [6.45, 7) is 1.97. The molecule has 1 aromatic heterocycles. The van der Waals surface area contributed by atoms with Crippen LogP contribution in [0.1, 0.15) is 36.1 Å². The molecule has 2 N–H and O–H groups in total. The SMILES string of the molecule is Cc1cccc[n+]1C1C(c2ccccc2)C(C#N)=C(C(C#N)C#N)NC1(O)C1CC1. The third-order valence-corrected chi connectivity index (χ3v) is 6.13. The lowest BCUT2D eigenvalue weighted by molar-refractivity contribution is -0.747. The van der Waals surface area contributed by atoms with Gasteiger partial charge in [-0.3, -0.25) is 0 Å². The summed E-state index contributed by atoms with van der Waals surface area (Å²) in [5.74, 6) is -1.69. The number of benzene rings is 1. The first-order valence-corrected chi connectivity index (χ1v) is 10.0. The van der Waals surface area contributed by atoms with Crippen molar-refractivity contribution in [3.63, 3.8) is 0 Å². The van der Waals surface area contributed by atoms with E-state index in [1.807, 2.05) is 78.4 Å². The summed E-state index contributed by atoms with van der Waals surface area (Å²) in [5.41, 5.74) is 0.958. The molecule has 0 bridgehead atoms. The molecular weight excluding hydrogens is 374 g/mol. The molecule has 4 rings (SSSR count). The lowest BCUT2D eigenvalue weighted by Gasteiger charge is -2.43. The van der Waals surface area contributed by atoms with Crippen LogP contribution in [-0.4, -0.2) is 10.8 Å². The first-order chi connectivity index (χ1) is 14.5. The number of nitrogens with one attached hydrogen (secondary N) is 1. The summed E-state index contributed by atoms with van der Waals surface area (Å²) in [7, 11) is 0. The van der Waals surface area contributed by atoms with Crippen molar-refractivity contribution < 1.29 is 9.67 Å². The van der Waals surface area contributed by atoms with Gasteiger partial charge in [0, 0.05) is 25.0 Å². The molecule has 2 heterocycles. The summed E-state index contributed by atoms with van der Waals surface area (Å²) < 4.78 is 2.00. The Bertz CT molecular complexity index is 1100. The highest BCUT2D eigenvalue weighted by Crippen LogP contribution is 2.52. The van der Waals surface area contributed by atoms with E-state index in [0.717, 1.165) is 24.1 Å². The molecule has 0 radical (unpaired) electrons. The van der Waals surface area contributed by atoms with E-state index in [0.29, 0.717) is 5.57 Å². The second-order valence-corrected chi connectivity index (χ2v) is 7.94. The number of rotatable bonds is 4.